The van der Waals surface area contributed by atoms with E-state index in [-0.39, 0.29) is 10.8 Å². The molecular formula is C19H22N2O3S. The highest BCUT2D eigenvalue weighted by molar-refractivity contribution is 7.92. The van der Waals surface area contributed by atoms with Crippen LogP contribution in [0.15, 0.2) is 53.4 Å². The Labute approximate surface area is 148 Å². The quantitative estimate of drug-likeness (QED) is 0.892. The van der Waals surface area contributed by atoms with Crippen molar-refractivity contribution in [3.8, 4) is 0 Å². The molecule has 6 heteroatoms. The van der Waals surface area contributed by atoms with Gasteiger partial charge in [-0.2, -0.15) is 0 Å². The molecular weight excluding hydrogens is 336 g/mol. The highest BCUT2D eigenvalue weighted by atomic mass is 32.2. The molecule has 1 aliphatic rings. The lowest BCUT2D eigenvalue weighted by Crippen LogP contribution is -2.27. The maximum atomic E-state index is 12.6. The first-order valence-corrected chi connectivity index (χ1v) is 9.99. The third-order valence-electron chi connectivity index (χ3n) is 4.40. The number of aryl methyl sites for hydroxylation is 1. The fourth-order valence-corrected chi connectivity index (χ4v) is 4.03. The first-order valence-electron chi connectivity index (χ1n) is 8.51. The van der Waals surface area contributed by atoms with Crippen molar-refractivity contribution in [3.05, 3.63) is 59.7 Å². The first kappa shape index (κ1) is 17.5. The van der Waals surface area contributed by atoms with Gasteiger partial charge in [-0.25, -0.2) is 8.42 Å². The molecule has 1 saturated heterocycles. The average molecular weight is 358 g/mol. The Morgan fingerprint density at radius 1 is 1.08 bits per heavy atom. The molecule has 0 bridgehead atoms. The lowest BCUT2D eigenvalue weighted by molar-refractivity contribution is 0.0792. The highest BCUT2D eigenvalue weighted by Crippen LogP contribution is 2.20. The van der Waals surface area contributed by atoms with Crippen LogP contribution in [0, 0.1) is 0 Å². The van der Waals surface area contributed by atoms with E-state index in [1.807, 2.05) is 19.1 Å². The van der Waals surface area contributed by atoms with Gasteiger partial charge in [0.25, 0.3) is 15.9 Å². The van der Waals surface area contributed by atoms with E-state index in [1.54, 1.807) is 29.2 Å². The molecule has 0 radical (unpaired) electrons. The number of nitrogens with one attached hydrogen (secondary N) is 1. The van der Waals surface area contributed by atoms with Crippen molar-refractivity contribution in [1.29, 1.82) is 0 Å². The summed E-state index contributed by atoms with van der Waals surface area (Å²) in [4.78, 5) is 14.3. The van der Waals surface area contributed by atoms with Crippen LogP contribution in [0.2, 0.25) is 0 Å². The van der Waals surface area contributed by atoms with Gasteiger partial charge in [0.2, 0.25) is 0 Å². The van der Waals surface area contributed by atoms with Gasteiger partial charge < -0.3 is 4.90 Å². The summed E-state index contributed by atoms with van der Waals surface area (Å²) in [5, 5.41) is 0. The molecule has 3 rings (SSSR count). The summed E-state index contributed by atoms with van der Waals surface area (Å²) in [5.74, 6) is -0.109. The molecule has 25 heavy (non-hydrogen) atoms. The monoisotopic (exact) mass is 358 g/mol. The van der Waals surface area contributed by atoms with Crippen LogP contribution in [0.4, 0.5) is 5.69 Å². The van der Waals surface area contributed by atoms with Crippen LogP contribution in [0.5, 0.6) is 0 Å². The number of carbonyl (C=O) groups excluding carboxylic acids is 1. The molecule has 132 valence electrons. The summed E-state index contributed by atoms with van der Waals surface area (Å²) in [5.41, 5.74) is 2.06. The summed E-state index contributed by atoms with van der Waals surface area (Å²) in [6.07, 6.45) is 2.89. The molecule has 1 amide bonds. The smallest absolute Gasteiger partial charge is 0.261 e. The predicted molar refractivity (Wildman–Crippen MR) is 98.2 cm³/mol. The van der Waals surface area contributed by atoms with Crippen molar-refractivity contribution < 1.29 is 13.2 Å². The van der Waals surface area contributed by atoms with Gasteiger partial charge in [-0.1, -0.05) is 25.1 Å². The molecule has 2 aromatic carbocycles. The largest absolute Gasteiger partial charge is 0.339 e. The lowest BCUT2D eigenvalue weighted by Gasteiger charge is -2.16. The zero-order chi connectivity index (χ0) is 17.9. The fraction of sp³-hybridized carbons (Fsp3) is 0.316. The SMILES string of the molecule is CCc1ccc(NS(=O)(=O)c2cccc(C(=O)N3CCCC3)c2)cc1. The van der Waals surface area contributed by atoms with E-state index >= 15 is 0 Å². The third-order valence-corrected chi connectivity index (χ3v) is 5.78. The number of hydrogen-bond acceptors (Lipinski definition) is 3. The van der Waals surface area contributed by atoms with Gasteiger partial charge in [0, 0.05) is 24.3 Å². The molecule has 5 nitrogen and oxygen atoms in total. The molecule has 1 N–H and O–H groups in total. The molecule has 0 aromatic heterocycles. The van der Waals surface area contributed by atoms with Crippen molar-refractivity contribution in [2.24, 2.45) is 0 Å². The van der Waals surface area contributed by atoms with Gasteiger partial charge in [-0.15, -0.1) is 0 Å². The lowest BCUT2D eigenvalue weighted by atomic mass is 10.2. The van der Waals surface area contributed by atoms with E-state index in [2.05, 4.69) is 4.72 Å². The number of nitrogens with zero attached hydrogens (tertiary/aromatic N) is 1. The Bertz CT molecular complexity index is 854. The number of amides is 1. The number of rotatable bonds is 5. The number of benzene rings is 2. The van der Waals surface area contributed by atoms with Crippen molar-refractivity contribution in [2.45, 2.75) is 31.1 Å². The number of hydrogen-bond donors (Lipinski definition) is 1. The molecule has 0 atom stereocenters. The molecule has 1 aliphatic heterocycles. The summed E-state index contributed by atoms with van der Waals surface area (Å²) >= 11 is 0. The standard InChI is InChI=1S/C19H22N2O3S/c1-2-15-8-10-17(11-9-15)20-25(23,24)18-7-5-6-16(14-18)19(22)21-12-3-4-13-21/h5-11,14,20H,2-4,12-13H2,1H3. The predicted octanol–water partition coefficient (Wildman–Crippen LogP) is 3.29. The zero-order valence-corrected chi connectivity index (χ0v) is 15.1. The van der Waals surface area contributed by atoms with Crippen LogP contribution in [0.25, 0.3) is 0 Å². The summed E-state index contributed by atoms with van der Waals surface area (Å²) in [7, 11) is -3.73. The van der Waals surface area contributed by atoms with Gasteiger partial charge in [-0.3, -0.25) is 9.52 Å². The number of likely N-dealkylation sites (tertiary alicyclic amines) is 1. The van der Waals surface area contributed by atoms with Crippen LogP contribution in [-0.2, 0) is 16.4 Å². The molecule has 0 unspecified atom stereocenters. The zero-order valence-electron chi connectivity index (χ0n) is 14.2. The van der Waals surface area contributed by atoms with Crippen LogP contribution in [-0.4, -0.2) is 32.3 Å². The van der Waals surface area contributed by atoms with E-state index in [4.69, 9.17) is 0 Å². The summed E-state index contributed by atoms with van der Waals surface area (Å²) < 4.78 is 27.8. The van der Waals surface area contributed by atoms with Gasteiger partial charge in [-0.05, 0) is 55.2 Å². The maximum Gasteiger partial charge on any atom is 0.261 e. The van der Waals surface area contributed by atoms with E-state index < -0.39 is 10.0 Å². The number of sulfonamides is 1. The van der Waals surface area contributed by atoms with Gasteiger partial charge in [0.05, 0.1) is 4.90 Å². The van der Waals surface area contributed by atoms with E-state index in [1.165, 1.54) is 12.1 Å². The third kappa shape index (κ3) is 4.02. The Hall–Kier alpha value is -2.34. The van der Waals surface area contributed by atoms with Crippen LogP contribution >= 0.6 is 0 Å². The summed E-state index contributed by atoms with van der Waals surface area (Å²) in [6.45, 7) is 3.51. The normalized spacial score (nSPS) is 14.5. The minimum atomic E-state index is -3.73. The van der Waals surface area contributed by atoms with Crippen LogP contribution in [0.1, 0.15) is 35.7 Å². The second kappa shape index (κ2) is 7.27. The van der Waals surface area contributed by atoms with Crippen molar-refractivity contribution >= 4 is 21.6 Å². The fourth-order valence-electron chi connectivity index (χ4n) is 2.92. The molecule has 0 saturated carbocycles. The average Bonchev–Trinajstić information content (AvgIpc) is 3.16. The summed E-state index contributed by atoms with van der Waals surface area (Å²) in [6, 6.07) is 13.5. The van der Waals surface area contributed by atoms with Crippen molar-refractivity contribution in [1.82, 2.24) is 4.90 Å². The highest BCUT2D eigenvalue weighted by Gasteiger charge is 2.21. The van der Waals surface area contributed by atoms with E-state index in [9.17, 15) is 13.2 Å². The molecule has 1 heterocycles. The van der Waals surface area contributed by atoms with Crippen LogP contribution < -0.4 is 4.72 Å². The van der Waals surface area contributed by atoms with Crippen molar-refractivity contribution in [3.63, 3.8) is 0 Å². The van der Waals surface area contributed by atoms with Crippen LogP contribution in [0.3, 0.4) is 0 Å². The Morgan fingerprint density at radius 2 is 1.76 bits per heavy atom. The van der Waals surface area contributed by atoms with E-state index in [0.717, 1.165) is 37.9 Å². The second-order valence-electron chi connectivity index (χ2n) is 6.18. The molecule has 2 aromatic rings. The number of carbonyl (C=O) groups is 1. The first-order chi connectivity index (χ1) is 12.0. The minimum Gasteiger partial charge on any atom is -0.339 e. The second-order valence-corrected chi connectivity index (χ2v) is 7.87. The van der Waals surface area contributed by atoms with Gasteiger partial charge in [0.15, 0.2) is 0 Å². The topological polar surface area (TPSA) is 66.5 Å². The Kier molecular flexibility index (Phi) is 5.08. The van der Waals surface area contributed by atoms with Crippen molar-refractivity contribution in [2.75, 3.05) is 17.8 Å². The molecule has 0 spiro atoms. The van der Waals surface area contributed by atoms with E-state index in [0.29, 0.717) is 11.3 Å². The maximum absolute atomic E-state index is 12.6. The Balaban J connectivity index is 1.81. The number of anilines is 1. The molecule has 0 aliphatic carbocycles. The molecule has 1 fully saturated rings. The minimum absolute atomic E-state index is 0.0946. The Morgan fingerprint density at radius 3 is 2.40 bits per heavy atom. The van der Waals surface area contributed by atoms with Gasteiger partial charge >= 0.3 is 0 Å². The van der Waals surface area contributed by atoms with Gasteiger partial charge in [0.1, 0.15) is 0 Å².